The molecule has 0 atom stereocenters. The van der Waals surface area contributed by atoms with Crippen LogP contribution in [0.4, 0.5) is 18.9 Å². The first-order valence-electron chi connectivity index (χ1n) is 3.49. The quantitative estimate of drug-likeness (QED) is 0.723. The summed E-state index contributed by atoms with van der Waals surface area (Å²) in [5.74, 6) is -0.955. The predicted molar refractivity (Wildman–Crippen MR) is 41.2 cm³/mol. The number of hydrogen-bond acceptors (Lipinski definition) is 3. The number of halogens is 3. The van der Waals surface area contributed by atoms with Gasteiger partial charge in [0.25, 0.3) is 5.91 Å². The molecule has 5 nitrogen and oxygen atoms in total. The van der Waals surface area contributed by atoms with Gasteiger partial charge in [-0.25, -0.2) is 0 Å². The lowest BCUT2D eigenvalue weighted by Gasteiger charge is -2.04. The predicted octanol–water partition coefficient (Wildman–Crippen LogP) is 0.126. The van der Waals surface area contributed by atoms with E-state index in [1.54, 1.807) is 0 Å². The van der Waals surface area contributed by atoms with Crippen LogP contribution >= 0.6 is 0 Å². The van der Waals surface area contributed by atoms with Crippen LogP contribution in [0.3, 0.4) is 0 Å². The van der Waals surface area contributed by atoms with E-state index in [4.69, 9.17) is 11.5 Å². The van der Waals surface area contributed by atoms with E-state index in [9.17, 15) is 18.0 Å². The second kappa shape index (κ2) is 3.20. The highest BCUT2D eigenvalue weighted by molar-refractivity contribution is 5.95. The van der Waals surface area contributed by atoms with Crippen LogP contribution in [0.2, 0.25) is 0 Å². The fourth-order valence-corrected chi connectivity index (χ4v) is 0.893. The lowest BCUT2D eigenvalue weighted by Crippen LogP contribution is -2.19. The molecule has 0 fully saturated rings. The van der Waals surface area contributed by atoms with Gasteiger partial charge in [-0.3, -0.25) is 9.48 Å². The average molecular weight is 208 g/mol. The van der Waals surface area contributed by atoms with Crippen LogP contribution in [0.1, 0.15) is 10.5 Å². The Morgan fingerprint density at radius 1 is 1.57 bits per heavy atom. The molecule has 1 rings (SSSR count). The molecule has 1 aromatic heterocycles. The molecular formula is C6H7F3N4O. The standard InChI is InChI=1S/C6H7F3N4O/c7-6(8,9)2-13-1-3(10)4(12-13)5(11)14/h1H,2,10H2,(H2,11,14). The summed E-state index contributed by atoms with van der Waals surface area (Å²) in [6.07, 6.45) is -3.50. The van der Waals surface area contributed by atoms with Gasteiger partial charge in [0.2, 0.25) is 0 Å². The Bertz CT molecular complexity index is 356. The van der Waals surface area contributed by atoms with Crippen LogP contribution in [0.5, 0.6) is 0 Å². The molecule has 0 aromatic carbocycles. The highest BCUT2D eigenvalue weighted by atomic mass is 19.4. The molecule has 0 saturated heterocycles. The molecule has 78 valence electrons. The molecular weight excluding hydrogens is 201 g/mol. The Morgan fingerprint density at radius 3 is 2.50 bits per heavy atom. The van der Waals surface area contributed by atoms with Gasteiger partial charge in [0.05, 0.1) is 5.69 Å². The van der Waals surface area contributed by atoms with Crippen molar-refractivity contribution < 1.29 is 18.0 Å². The molecule has 0 aliphatic rings. The summed E-state index contributed by atoms with van der Waals surface area (Å²) in [7, 11) is 0. The molecule has 0 radical (unpaired) electrons. The number of aromatic nitrogens is 2. The number of amides is 1. The third kappa shape index (κ3) is 2.38. The fraction of sp³-hybridized carbons (Fsp3) is 0.333. The largest absolute Gasteiger partial charge is 0.408 e. The van der Waals surface area contributed by atoms with Crippen molar-refractivity contribution in [2.45, 2.75) is 12.7 Å². The first-order chi connectivity index (χ1) is 6.29. The van der Waals surface area contributed by atoms with Gasteiger partial charge in [-0.1, -0.05) is 0 Å². The maximum absolute atomic E-state index is 11.9. The number of nitrogens with zero attached hydrogens (tertiary/aromatic N) is 2. The second-order valence-electron chi connectivity index (χ2n) is 2.61. The average Bonchev–Trinajstić information content (AvgIpc) is 2.26. The molecule has 0 unspecified atom stereocenters. The summed E-state index contributed by atoms with van der Waals surface area (Å²) in [6, 6.07) is 0. The van der Waals surface area contributed by atoms with E-state index in [1.165, 1.54) is 0 Å². The molecule has 4 N–H and O–H groups in total. The van der Waals surface area contributed by atoms with Crippen molar-refractivity contribution in [2.75, 3.05) is 5.73 Å². The molecule has 0 saturated carbocycles. The van der Waals surface area contributed by atoms with Gasteiger partial charge < -0.3 is 11.5 Å². The zero-order valence-electron chi connectivity index (χ0n) is 6.88. The summed E-state index contributed by atoms with van der Waals surface area (Å²) in [4.78, 5) is 10.6. The van der Waals surface area contributed by atoms with Crippen LogP contribution in [0.25, 0.3) is 0 Å². The number of rotatable bonds is 2. The van der Waals surface area contributed by atoms with Gasteiger partial charge in [-0.2, -0.15) is 18.3 Å². The molecule has 14 heavy (non-hydrogen) atoms. The van der Waals surface area contributed by atoms with Gasteiger partial charge in [0.1, 0.15) is 6.54 Å². The number of carbonyl (C=O) groups is 1. The van der Waals surface area contributed by atoms with E-state index in [0.29, 0.717) is 4.68 Å². The molecule has 1 amide bonds. The minimum absolute atomic E-state index is 0.165. The molecule has 8 heteroatoms. The van der Waals surface area contributed by atoms with E-state index in [1.807, 2.05) is 0 Å². The summed E-state index contributed by atoms with van der Waals surface area (Å²) in [6.45, 7) is -1.30. The first-order valence-corrected chi connectivity index (χ1v) is 3.49. The summed E-state index contributed by atoms with van der Waals surface area (Å²) in [5.41, 5.74) is 9.51. The van der Waals surface area contributed by atoms with Gasteiger partial charge in [-0.05, 0) is 0 Å². The Morgan fingerprint density at radius 2 is 2.14 bits per heavy atom. The third-order valence-electron chi connectivity index (χ3n) is 1.36. The summed E-state index contributed by atoms with van der Waals surface area (Å²) in [5, 5.41) is 3.29. The fourth-order valence-electron chi connectivity index (χ4n) is 0.893. The number of alkyl halides is 3. The number of nitrogen functional groups attached to an aromatic ring is 1. The van der Waals surface area contributed by atoms with E-state index < -0.39 is 18.6 Å². The number of anilines is 1. The van der Waals surface area contributed by atoms with Crippen LogP contribution < -0.4 is 11.5 Å². The monoisotopic (exact) mass is 208 g/mol. The minimum Gasteiger partial charge on any atom is -0.396 e. The topological polar surface area (TPSA) is 86.9 Å². The Kier molecular flexibility index (Phi) is 2.37. The lowest BCUT2D eigenvalue weighted by molar-refractivity contribution is -0.142. The molecule has 0 bridgehead atoms. The van der Waals surface area contributed by atoms with Crippen molar-refractivity contribution in [1.82, 2.24) is 9.78 Å². The van der Waals surface area contributed by atoms with Crippen molar-refractivity contribution in [3.05, 3.63) is 11.9 Å². The number of nitrogens with two attached hydrogens (primary N) is 2. The Labute approximate surface area is 76.5 Å². The van der Waals surface area contributed by atoms with Crippen molar-refractivity contribution in [3.8, 4) is 0 Å². The van der Waals surface area contributed by atoms with E-state index in [0.717, 1.165) is 6.20 Å². The van der Waals surface area contributed by atoms with Crippen molar-refractivity contribution in [2.24, 2.45) is 5.73 Å². The number of hydrogen-bond donors (Lipinski definition) is 2. The van der Waals surface area contributed by atoms with E-state index >= 15 is 0 Å². The Balaban J connectivity index is 2.92. The van der Waals surface area contributed by atoms with Crippen LogP contribution in [0.15, 0.2) is 6.20 Å². The number of primary amides is 1. The molecule has 0 spiro atoms. The van der Waals surface area contributed by atoms with Crippen LogP contribution in [0, 0.1) is 0 Å². The van der Waals surface area contributed by atoms with Crippen molar-refractivity contribution >= 4 is 11.6 Å². The SMILES string of the molecule is NC(=O)c1nn(CC(F)(F)F)cc1N. The molecule has 1 heterocycles. The zero-order valence-corrected chi connectivity index (χ0v) is 6.88. The summed E-state index contributed by atoms with van der Waals surface area (Å²) < 4.78 is 36.1. The molecule has 1 aromatic rings. The zero-order chi connectivity index (χ0) is 10.9. The molecule has 0 aliphatic carbocycles. The van der Waals surface area contributed by atoms with E-state index in [-0.39, 0.29) is 11.4 Å². The highest BCUT2D eigenvalue weighted by Crippen LogP contribution is 2.18. The maximum atomic E-state index is 11.9. The first kappa shape index (κ1) is 10.4. The number of carbonyl (C=O) groups excluding carboxylic acids is 1. The van der Waals surface area contributed by atoms with Gasteiger partial charge >= 0.3 is 6.18 Å². The summed E-state index contributed by atoms with van der Waals surface area (Å²) >= 11 is 0. The highest BCUT2D eigenvalue weighted by Gasteiger charge is 2.29. The van der Waals surface area contributed by atoms with Crippen LogP contribution in [-0.4, -0.2) is 21.9 Å². The van der Waals surface area contributed by atoms with Crippen LogP contribution in [-0.2, 0) is 6.54 Å². The van der Waals surface area contributed by atoms with Gasteiger partial charge in [0.15, 0.2) is 5.69 Å². The Hall–Kier alpha value is -1.73. The minimum atomic E-state index is -4.41. The maximum Gasteiger partial charge on any atom is 0.408 e. The smallest absolute Gasteiger partial charge is 0.396 e. The van der Waals surface area contributed by atoms with Gasteiger partial charge in [0, 0.05) is 6.20 Å². The van der Waals surface area contributed by atoms with E-state index in [2.05, 4.69) is 5.10 Å². The lowest BCUT2D eigenvalue weighted by atomic mass is 10.4. The molecule has 0 aliphatic heterocycles. The third-order valence-corrected chi connectivity index (χ3v) is 1.36. The van der Waals surface area contributed by atoms with Gasteiger partial charge in [-0.15, -0.1) is 0 Å². The second-order valence-corrected chi connectivity index (χ2v) is 2.61. The normalized spacial score (nSPS) is 11.6. The van der Waals surface area contributed by atoms with Crippen molar-refractivity contribution in [1.29, 1.82) is 0 Å². The van der Waals surface area contributed by atoms with Crippen molar-refractivity contribution in [3.63, 3.8) is 0 Å².